The Morgan fingerprint density at radius 2 is 1.10 bits per heavy atom. The van der Waals surface area contributed by atoms with E-state index in [-0.39, 0.29) is 183 Å². The maximum absolute atomic E-state index is 12.1. The minimum Gasteiger partial charge on any atom is -1.00 e. The van der Waals surface area contributed by atoms with Crippen LogP contribution in [0.1, 0.15) is 63.7 Å². The van der Waals surface area contributed by atoms with Crippen molar-refractivity contribution in [2.24, 2.45) is 0 Å². The summed E-state index contributed by atoms with van der Waals surface area (Å²) in [5, 5.41) is 17.3. The Kier molecular flexibility index (Phi) is 36.6. The third kappa shape index (κ3) is 27.5. The Labute approximate surface area is 419 Å². The minimum absolute atomic E-state index is 0. The van der Waals surface area contributed by atoms with Crippen LogP contribution in [0.5, 0.6) is 11.5 Å². The molecule has 0 aliphatic carbocycles. The van der Waals surface area contributed by atoms with E-state index in [9.17, 15) is 40.3 Å². The van der Waals surface area contributed by atoms with Crippen LogP contribution in [0.3, 0.4) is 0 Å². The number of carbonyl (C=O) groups is 3. The quantitative estimate of drug-likeness (QED) is 0.0409. The van der Waals surface area contributed by atoms with E-state index in [2.05, 4.69) is 18.1 Å². The van der Waals surface area contributed by atoms with E-state index in [1.807, 2.05) is 0 Å². The number of hydrogen-bond acceptors (Lipinski definition) is 16. The van der Waals surface area contributed by atoms with Gasteiger partial charge in [0.2, 0.25) is 0 Å². The standard InChI is InChI=1S/C13H19O5P.C8H8O2.C6H12F3O6PS.CH2O3.2Cs.H/c1-4-17-19(15,18-5-2)10-16-13-8-6-12(7-9-13)11(3)14;1-6(9)7-2-4-8(10)5-3-7;1-3-13-16(10,14-4-2)5-15-17(11,12)6(7,8)9;2-1-4-3;;;/h6-9H,4-5,10H2,1-3H3;2-5,10H,1H3;3-5H2,1-2H3;1,3H;;;/q;;;;2*+1;-1/p-1. The molecule has 0 fully saturated rings. The molecule has 0 saturated heterocycles. The zero-order chi connectivity index (χ0) is 39.0. The van der Waals surface area contributed by atoms with Gasteiger partial charge in [0.1, 0.15) is 11.5 Å². The van der Waals surface area contributed by atoms with Crippen molar-refractivity contribution in [3.05, 3.63) is 59.7 Å². The largest absolute Gasteiger partial charge is 1.00 e. The summed E-state index contributed by atoms with van der Waals surface area (Å²) >= 11 is 0. The molecule has 0 heterocycles. The molecule has 0 aromatic heterocycles. The first-order chi connectivity index (χ1) is 23.2. The van der Waals surface area contributed by atoms with Crippen LogP contribution in [0, 0.1) is 0 Å². The van der Waals surface area contributed by atoms with Crippen molar-refractivity contribution in [3.8, 4) is 11.5 Å². The molecular formula is C28H41Cs2F3O16P2S. The Morgan fingerprint density at radius 1 is 0.769 bits per heavy atom. The molecule has 52 heavy (non-hydrogen) atoms. The zero-order valence-electron chi connectivity index (χ0n) is 30.9. The molecule has 0 spiro atoms. The first kappa shape index (κ1) is 59.6. The number of phenols is 1. The van der Waals surface area contributed by atoms with Gasteiger partial charge in [-0.1, -0.05) is 0 Å². The van der Waals surface area contributed by atoms with Crippen molar-refractivity contribution in [1.29, 1.82) is 0 Å². The number of aromatic hydroxyl groups is 1. The number of benzene rings is 2. The van der Waals surface area contributed by atoms with Crippen LogP contribution in [0.15, 0.2) is 48.5 Å². The third-order valence-electron chi connectivity index (χ3n) is 4.92. The first-order valence-electron chi connectivity index (χ1n) is 14.2. The summed E-state index contributed by atoms with van der Waals surface area (Å²) in [7, 11) is -13.0. The van der Waals surface area contributed by atoms with Crippen molar-refractivity contribution < 1.29 is 227 Å². The number of ether oxygens (including phenoxy) is 1. The van der Waals surface area contributed by atoms with Crippen LogP contribution in [0.2, 0.25) is 0 Å². The summed E-state index contributed by atoms with van der Waals surface area (Å²) in [4.78, 5) is 33.0. The molecule has 0 amide bonds. The Hall–Kier alpha value is 0.914. The van der Waals surface area contributed by atoms with Gasteiger partial charge in [-0.15, -0.1) is 0 Å². The monoisotopic (exact) mass is 1050 g/mol. The van der Waals surface area contributed by atoms with Gasteiger partial charge >= 0.3 is 169 Å². The topological polar surface area (TPSA) is 227 Å². The van der Waals surface area contributed by atoms with Gasteiger partial charge in [-0.25, -0.2) is 0 Å². The van der Waals surface area contributed by atoms with Crippen LogP contribution >= 0.6 is 15.2 Å². The fourth-order valence-electron chi connectivity index (χ4n) is 2.85. The summed E-state index contributed by atoms with van der Waals surface area (Å²) in [5.74, 6) is 0.704. The van der Waals surface area contributed by atoms with Crippen LogP contribution in [0.4, 0.5) is 13.2 Å². The summed E-state index contributed by atoms with van der Waals surface area (Å²) in [6, 6.07) is 12.8. The smallest absolute Gasteiger partial charge is 1.00 e. The van der Waals surface area contributed by atoms with Gasteiger partial charge < -0.3 is 39.5 Å². The molecule has 288 valence electrons. The van der Waals surface area contributed by atoms with E-state index in [1.54, 1.807) is 50.2 Å². The van der Waals surface area contributed by atoms with Gasteiger partial charge in [-0.05, 0) is 90.1 Å². The second kappa shape index (κ2) is 31.9. The van der Waals surface area contributed by atoms with Crippen LogP contribution < -0.4 is 148 Å². The molecule has 2 rings (SSSR count). The zero-order valence-corrected chi connectivity index (χ0v) is 45.1. The number of Topliss-reactive ketones (excluding diaryl/α,β-unsaturated/α-hetero) is 2. The normalized spacial score (nSPS) is 10.9. The Morgan fingerprint density at radius 3 is 1.38 bits per heavy atom. The molecular weight excluding hydrogens is 1010 g/mol. The summed E-state index contributed by atoms with van der Waals surface area (Å²) in [6.07, 6.45) is -1.45. The Balaban J connectivity index is -0.000000208. The van der Waals surface area contributed by atoms with E-state index < -0.39 is 37.2 Å². The van der Waals surface area contributed by atoms with Gasteiger partial charge in [0.05, 0.1) is 26.4 Å². The van der Waals surface area contributed by atoms with Crippen molar-refractivity contribution in [1.82, 2.24) is 0 Å². The van der Waals surface area contributed by atoms with Crippen molar-refractivity contribution in [2.45, 2.75) is 47.1 Å². The van der Waals surface area contributed by atoms with Crippen LogP contribution in [-0.4, -0.2) is 76.2 Å². The van der Waals surface area contributed by atoms with Gasteiger partial charge in [0.15, 0.2) is 24.3 Å². The average Bonchev–Trinajstić information content (AvgIpc) is 3.04. The van der Waals surface area contributed by atoms with E-state index in [0.29, 0.717) is 30.1 Å². The van der Waals surface area contributed by atoms with E-state index in [1.165, 1.54) is 39.8 Å². The van der Waals surface area contributed by atoms with Crippen molar-refractivity contribution in [3.63, 3.8) is 0 Å². The maximum atomic E-state index is 12.1. The number of halogens is 3. The Bertz CT molecular complexity index is 1490. The second-order valence-corrected chi connectivity index (χ2v) is 14.3. The molecule has 16 nitrogen and oxygen atoms in total. The van der Waals surface area contributed by atoms with Crippen LogP contribution in [-0.2, 0) is 51.2 Å². The first-order valence-corrected chi connectivity index (χ1v) is 19.0. The molecule has 2 aromatic carbocycles. The van der Waals surface area contributed by atoms with E-state index >= 15 is 0 Å². The molecule has 1 N–H and O–H groups in total. The molecule has 0 radical (unpaired) electrons. The molecule has 0 saturated carbocycles. The van der Waals surface area contributed by atoms with E-state index in [0.717, 1.165) is 0 Å². The van der Waals surface area contributed by atoms with Gasteiger partial charge in [0, 0.05) is 11.1 Å². The molecule has 0 aliphatic heterocycles. The van der Waals surface area contributed by atoms with Gasteiger partial charge in [-0.2, -0.15) is 21.6 Å². The number of hydrogen-bond donors (Lipinski definition) is 1. The molecule has 2 aromatic rings. The van der Waals surface area contributed by atoms with E-state index in [4.69, 9.17) is 28.9 Å². The van der Waals surface area contributed by atoms with Crippen molar-refractivity contribution in [2.75, 3.05) is 39.1 Å². The second-order valence-electron chi connectivity index (χ2n) is 8.69. The number of rotatable bonds is 17. The summed E-state index contributed by atoms with van der Waals surface area (Å²) in [6.45, 7) is 9.49. The minimum atomic E-state index is -5.80. The molecule has 0 aliphatic rings. The average molecular weight is 1050 g/mol. The predicted molar refractivity (Wildman–Crippen MR) is 171 cm³/mol. The van der Waals surface area contributed by atoms with Crippen molar-refractivity contribution >= 4 is 43.3 Å². The summed E-state index contributed by atoms with van der Waals surface area (Å²) < 4.78 is 109. The number of phenolic OH excluding ortho intramolecular Hbond substituents is 1. The maximum Gasteiger partial charge on any atom is 1.00 e. The molecule has 0 atom stereocenters. The van der Waals surface area contributed by atoms with Gasteiger partial charge in [-0.3, -0.25) is 27.7 Å². The third-order valence-corrected chi connectivity index (χ3v) is 9.58. The summed E-state index contributed by atoms with van der Waals surface area (Å²) in [5.41, 5.74) is -4.35. The van der Waals surface area contributed by atoms with Gasteiger partial charge in [0.25, 0.3) is 6.47 Å². The number of alkyl halides is 3. The molecule has 0 unspecified atom stereocenters. The predicted octanol–water partition coefficient (Wildman–Crippen LogP) is -0.282. The molecule has 24 heteroatoms. The fraction of sp³-hybridized carbons (Fsp3) is 0.464. The number of carbonyl (C=O) groups excluding carboxylic acids is 3. The number of ketones is 2. The molecule has 0 bridgehead atoms. The van der Waals surface area contributed by atoms with Crippen LogP contribution in [0.25, 0.3) is 0 Å². The fourth-order valence-corrected chi connectivity index (χ4v) is 6.38. The SMILES string of the molecule is CC(=O)c1ccc(O)cc1.CCOP(=O)(COS(=O)(=O)C(F)(F)F)OCC.CCOP(=O)(COc1ccc(C(C)=O)cc1)OCC.O=CO[O-].[Cs+].[Cs+].[H-].